The van der Waals surface area contributed by atoms with Gasteiger partial charge in [0.05, 0.1) is 18.0 Å². The van der Waals surface area contributed by atoms with Crippen molar-refractivity contribution in [2.45, 2.75) is 11.7 Å². The summed E-state index contributed by atoms with van der Waals surface area (Å²) in [7, 11) is 0. The fourth-order valence-corrected chi connectivity index (χ4v) is 3.76. The highest BCUT2D eigenvalue weighted by Crippen LogP contribution is 2.28. The summed E-state index contributed by atoms with van der Waals surface area (Å²) in [6.07, 6.45) is 1.74. The van der Waals surface area contributed by atoms with Crippen LogP contribution in [0.2, 0.25) is 0 Å². The second-order valence-corrected chi connectivity index (χ2v) is 7.50. The summed E-state index contributed by atoms with van der Waals surface area (Å²) in [6.45, 7) is 0.584. The smallest absolute Gasteiger partial charge is 0.200 e. The number of H-pyrrole nitrogens is 1. The number of carbonyl (C=O) groups excluding carboxylic acids is 1. The minimum Gasteiger partial charge on any atom is -0.446 e. The minimum absolute atomic E-state index is 0.0153. The molecule has 136 valence electrons. The van der Waals surface area contributed by atoms with Gasteiger partial charge in [-0.15, -0.1) is 10.2 Å². The van der Waals surface area contributed by atoms with Crippen molar-refractivity contribution in [3.05, 3.63) is 76.7 Å². The number of aromatic amines is 1. The van der Waals surface area contributed by atoms with E-state index >= 15 is 0 Å². The van der Waals surface area contributed by atoms with Crippen LogP contribution in [0, 0.1) is 0 Å². The fourth-order valence-electron chi connectivity index (χ4n) is 2.63. The number of hydrogen-bond acceptors (Lipinski definition) is 5. The molecule has 1 N–H and O–H groups in total. The summed E-state index contributed by atoms with van der Waals surface area (Å²) in [5.41, 5.74) is 1.70. The predicted octanol–water partition coefficient (Wildman–Crippen LogP) is 4.65. The molecule has 27 heavy (non-hydrogen) atoms. The van der Waals surface area contributed by atoms with E-state index in [1.54, 1.807) is 12.3 Å². The van der Waals surface area contributed by atoms with Crippen molar-refractivity contribution in [2.24, 2.45) is 0 Å². The molecule has 4 rings (SSSR count). The Morgan fingerprint density at radius 2 is 1.96 bits per heavy atom. The third-order valence-corrected chi connectivity index (χ3v) is 5.32. The van der Waals surface area contributed by atoms with Crippen molar-refractivity contribution in [1.82, 2.24) is 19.7 Å². The molecule has 0 spiro atoms. The first kappa shape index (κ1) is 17.8. The van der Waals surface area contributed by atoms with Crippen molar-refractivity contribution in [3.63, 3.8) is 0 Å². The highest BCUT2D eigenvalue weighted by Gasteiger charge is 2.19. The van der Waals surface area contributed by atoms with E-state index in [4.69, 9.17) is 4.42 Å². The van der Waals surface area contributed by atoms with E-state index in [0.29, 0.717) is 33.6 Å². The van der Waals surface area contributed by atoms with Crippen molar-refractivity contribution in [3.8, 4) is 11.6 Å². The van der Waals surface area contributed by atoms with E-state index in [-0.39, 0.29) is 11.5 Å². The molecule has 0 aliphatic carbocycles. The molecule has 0 fully saturated rings. The predicted molar refractivity (Wildman–Crippen MR) is 107 cm³/mol. The van der Waals surface area contributed by atoms with Crippen LogP contribution in [0.4, 0.5) is 0 Å². The number of aromatic nitrogens is 4. The Morgan fingerprint density at radius 3 is 2.67 bits per heavy atom. The molecule has 0 amide bonds. The fraction of sp³-hybridized carbons (Fsp3) is 0.105. The number of Topliss-reactive ketones (excluding diaryl/α,β-unsaturated/α-hetero) is 1. The molecule has 1 aromatic carbocycles. The largest absolute Gasteiger partial charge is 0.446 e. The Hall–Kier alpha value is -2.58. The number of nitrogens with zero attached hydrogens (tertiary/aromatic N) is 3. The molecule has 0 atom stereocenters. The number of carbonyl (C=O) groups is 1. The van der Waals surface area contributed by atoms with Gasteiger partial charge in [-0.05, 0) is 45.8 Å². The standard InChI is InChI=1S/C19H15BrN4O2S/c20-17-9-8-16(26-17)18-22-23-19(24(18)11-13-5-2-1-3-6-13)27-12-15(25)14-7-4-10-21-14/h1-10,21H,11-12H2. The quantitative estimate of drug-likeness (QED) is 0.332. The molecule has 0 radical (unpaired) electrons. The number of hydrogen-bond donors (Lipinski definition) is 1. The van der Waals surface area contributed by atoms with Gasteiger partial charge < -0.3 is 9.40 Å². The Bertz CT molecular complexity index is 1040. The van der Waals surface area contributed by atoms with E-state index in [1.807, 2.05) is 53.1 Å². The summed E-state index contributed by atoms with van der Waals surface area (Å²) in [4.78, 5) is 15.2. The van der Waals surface area contributed by atoms with Gasteiger partial charge in [0.25, 0.3) is 0 Å². The highest BCUT2D eigenvalue weighted by molar-refractivity contribution is 9.10. The van der Waals surface area contributed by atoms with Crippen LogP contribution in [0.15, 0.2) is 75.0 Å². The van der Waals surface area contributed by atoms with E-state index in [1.165, 1.54) is 11.8 Å². The van der Waals surface area contributed by atoms with Crippen molar-refractivity contribution >= 4 is 33.5 Å². The minimum atomic E-state index is 0.0153. The van der Waals surface area contributed by atoms with Gasteiger partial charge in [-0.3, -0.25) is 9.36 Å². The van der Waals surface area contributed by atoms with Crippen LogP contribution < -0.4 is 0 Å². The third kappa shape index (κ3) is 4.06. The van der Waals surface area contributed by atoms with Crippen LogP contribution in [0.3, 0.4) is 0 Å². The van der Waals surface area contributed by atoms with Gasteiger partial charge in [0, 0.05) is 6.20 Å². The first-order valence-corrected chi connectivity index (χ1v) is 10.0. The number of furan rings is 1. The third-order valence-electron chi connectivity index (χ3n) is 3.92. The van der Waals surface area contributed by atoms with Crippen LogP contribution in [0.5, 0.6) is 0 Å². The summed E-state index contributed by atoms with van der Waals surface area (Å²) in [5, 5.41) is 9.25. The van der Waals surface area contributed by atoms with Crippen molar-refractivity contribution < 1.29 is 9.21 Å². The average Bonchev–Trinajstić information content (AvgIpc) is 3.42. The van der Waals surface area contributed by atoms with Crippen LogP contribution in [-0.4, -0.2) is 31.3 Å². The monoisotopic (exact) mass is 442 g/mol. The molecule has 0 unspecified atom stereocenters. The van der Waals surface area contributed by atoms with Gasteiger partial charge in [0.2, 0.25) is 5.82 Å². The van der Waals surface area contributed by atoms with Gasteiger partial charge in [-0.25, -0.2) is 0 Å². The second-order valence-electron chi connectivity index (χ2n) is 5.78. The summed E-state index contributed by atoms with van der Waals surface area (Å²) >= 11 is 4.68. The van der Waals surface area contributed by atoms with E-state index in [0.717, 1.165) is 5.56 Å². The average molecular weight is 443 g/mol. The maximum absolute atomic E-state index is 12.3. The molecular weight excluding hydrogens is 428 g/mol. The van der Waals surface area contributed by atoms with Crippen molar-refractivity contribution in [1.29, 1.82) is 0 Å². The molecule has 8 heteroatoms. The molecule has 3 aromatic heterocycles. The van der Waals surface area contributed by atoms with Crippen LogP contribution >= 0.6 is 27.7 Å². The molecule has 6 nitrogen and oxygen atoms in total. The van der Waals surface area contributed by atoms with E-state index in [9.17, 15) is 4.79 Å². The van der Waals surface area contributed by atoms with Gasteiger partial charge >= 0.3 is 0 Å². The molecule has 0 aliphatic rings. The summed E-state index contributed by atoms with van der Waals surface area (Å²) < 4.78 is 8.25. The molecule has 0 bridgehead atoms. The normalized spacial score (nSPS) is 11.0. The van der Waals surface area contributed by atoms with Gasteiger partial charge in [0.1, 0.15) is 0 Å². The number of halogens is 1. The lowest BCUT2D eigenvalue weighted by Gasteiger charge is -2.09. The van der Waals surface area contributed by atoms with Crippen LogP contribution in [0.25, 0.3) is 11.6 Å². The Kier molecular flexibility index (Phi) is 5.26. The number of nitrogens with one attached hydrogen (secondary N) is 1. The van der Waals surface area contributed by atoms with Gasteiger partial charge in [0.15, 0.2) is 21.4 Å². The molecule has 3 heterocycles. The second kappa shape index (κ2) is 7.98. The molecule has 0 aliphatic heterocycles. The zero-order valence-corrected chi connectivity index (χ0v) is 16.5. The van der Waals surface area contributed by atoms with Crippen LogP contribution in [0.1, 0.15) is 16.1 Å². The van der Waals surface area contributed by atoms with E-state index < -0.39 is 0 Å². The zero-order chi connectivity index (χ0) is 18.6. The maximum Gasteiger partial charge on any atom is 0.200 e. The molecule has 0 saturated carbocycles. The Morgan fingerprint density at radius 1 is 1.11 bits per heavy atom. The maximum atomic E-state index is 12.3. The van der Waals surface area contributed by atoms with Crippen LogP contribution in [-0.2, 0) is 6.54 Å². The number of benzene rings is 1. The lowest BCUT2D eigenvalue weighted by atomic mass is 10.2. The summed E-state index contributed by atoms with van der Waals surface area (Å²) in [5.74, 6) is 1.53. The topological polar surface area (TPSA) is 76.7 Å². The van der Waals surface area contributed by atoms with Crippen molar-refractivity contribution in [2.75, 3.05) is 5.75 Å². The highest BCUT2D eigenvalue weighted by atomic mass is 79.9. The number of ketones is 1. The summed E-state index contributed by atoms with van der Waals surface area (Å²) in [6, 6.07) is 17.3. The van der Waals surface area contributed by atoms with E-state index in [2.05, 4.69) is 31.1 Å². The lowest BCUT2D eigenvalue weighted by molar-refractivity contribution is 0.101. The number of thioether (sulfide) groups is 1. The zero-order valence-electron chi connectivity index (χ0n) is 14.1. The first-order chi connectivity index (χ1) is 13.2. The van der Waals surface area contributed by atoms with Gasteiger partial charge in [-0.1, -0.05) is 42.1 Å². The van der Waals surface area contributed by atoms with Gasteiger partial charge in [-0.2, -0.15) is 0 Å². The Labute approximate surface area is 168 Å². The Balaban J connectivity index is 1.62. The molecule has 4 aromatic rings. The first-order valence-electron chi connectivity index (χ1n) is 8.23. The number of rotatable bonds is 7. The molecular formula is C19H15BrN4O2S. The molecule has 0 saturated heterocycles. The lowest BCUT2D eigenvalue weighted by Crippen LogP contribution is -2.07. The SMILES string of the molecule is O=C(CSc1nnc(-c2ccc(Br)o2)n1Cc1ccccc1)c1ccc[nH]1.